The van der Waals surface area contributed by atoms with Gasteiger partial charge in [-0.3, -0.25) is 9.63 Å². The molecule has 0 bridgehead atoms. The number of amides is 1. The molecule has 0 aliphatic carbocycles. The summed E-state index contributed by atoms with van der Waals surface area (Å²) in [5.41, 5.74) is 0.682. The van der Waals surface area contributed by atoms with E-state index in [0.717, 1.165) is 6.42 Å². The lowest BCUT2D eigenvalue weighted by molar-refractivity contribution is -0.0926. The van der Waals surface area contributed by atoms with Crippen molar-refractivity contribution in [1.82, 2.24) is 5.06 Å². The van der Waals surface area contributed by atoms with E-state index < -0.39 is 0 Å². The minimum Gasteiger partial charge on any atom is -0.270 e. The molecular weight excluding hydrogens is 178 g/mol. The molecule has 1 aromatic carbocycles. The van der Waals surface area contributed by atoms with E-state index in [-0.39, 0.29) is 11.9 Å². The van der Waals surface area contributed by atoms with E-state index in [1.165, 1.54) is 5.06 Å². The van der Waals surface area contributed by atoms with Crippen LogP contribution in [0.5, 0.6) is 0 Å². The van der Waals surface area contributed by atoms with E-state index in [1.807, 2.05) is 25.1 Å². The summed E-state index contributed by atoms with van der Waals surface area (Å²) in [6.45, 7) is 2.63. The summed E-state index contributed by atoms with van der Waals surface area (Å²) in [5.74, 6) is -0.0457. The highest BCUT2D eigenvalue weighted by molar-refractivity contribution is 5.93. The van der Waals surface area contributed by atoms with Gasteiger partial charge in [0, 0.05) is 5.56 Å². The second-order valence-electron chi connectivity index (χ2n) is 3.47. The van der Waals surface area contributed by atoms with Gasteiger partial charge in [0.05, 0.1) is 12.6 Å². The zero-order chi connectivity index (χ0) is 9.97. The topological polar surface area (TPSA) is 29.5 Å². The monoisotopic (exact) mass is 191 g/mol. The van der Waals surface area contributed by atoms with Crippen molar-refractivity contribution < 1.29 is 9.63 Å². The molecule has 1 heterocycles. The minimum atomic E-state index is -0.0457. The lowest BCUT2D eigenvalue weighted by Crippen LogP contribution is -2.32. The van der Waals surface area contributed by atoms with Crippen molar-refractivity contribution in [2.75, 3.05) is 6.61 Å². The van der Waals surface area contributed by atoms with Gasteiger partial charge < -0.3 is 0 Å². The third kappa shape index (κ3) is 1.63. The molecule has 0 N–H and O–H groups in total. The Hall–Kier alpha value is -1.35. The van der Waals surface area contributed by atoms with Crippen LogP contribution in [0.4, 0.5) is 0 Å². The van der Waals surface area contributed by atoms with E-state index in [0.29, 0.717) is 12.2 Å². The van der Waals surface area contributed by atoms with E-state index in [4.69, 9.17) is 4.84 Å². The number of rotatable bonds is 1. The molecule has 1 fully saturated rings. The summed E-state index contributed by atoms with van der Waals surface area (Å²) < 4.78 is 0. The largest absolute Gasteiger partial charge is 0.277 e. The van der Waals surface area contributed by atoms with Crippen LogP contribution in [0.2, 0.25) is 0 Å². The second kappa shape index (κ2) is 3.80. The molecule has 0 radical (unpaired) electrons. The molecule has 1 aromatic rings. The van der Waals surface area contributed by atoms with Crippen molar-refractivity contribution >= 4 is 5.91 Å². The molecule has 1 aliphatic heterocycles. The predicted octanol–water partition coefficient (Wildman–Crippen LogP) is 1.85. The van der Waals surface area contributed by atoms with Crippen molar-refractivity contribution in [3.8, 4) is 0 Å². The third-order valence-electron chi connectivity index (χ3n) is 2.39. The quantitative estimate of drug-likeness (QED) is 0.678. The Morgan fingerprint density at radius 1 is 1.43 bits per heavy atom. The summed E-state index contributed by atoms with van der Waals surface area (Å²) in [5, 5.41) is 1.47. The first-order chi connectivity index (χ1) is 6.79. The summed E-state index contributed by atoms with van der Waals surface area (Å²) in [6, 6.07) is 9.39. The first-order valence-electron chi connectivity index (χ1n) is 4.80. The fourth-order valence-electron chi connectivity index (χ4n) is 1.53. The van der Waals surface area contributed by atoms with Gasteiger partial charge in [0.15, 0.2) is 0 Å². The molecule has 1 aliphatic rings. The number of hydrogen-bond acceptors (Lipinski definition) is 2. The van der Waals surface area contributed by atoms with Gasteiger partial charge in [-0.25, -0.2) is 5.06 Å². The van der Waals surface area contributed by atoms with Gasteiger partial charge in [0.25, 0.3) is 5.91 Å². The fraction of sp³-hybridized carbons (Fsp3) is 0.364. The Morgan fingerprint density at radius 3 is 2.71 bits per heavy atom. The first kappa shape index (κ1) is 9.21. The Bertz CT molecular complexity index is 323. The maximum atomic E-state index is 11.9. The molecule has 1 amide bonds. The normalized spacial score (nSPS) is 21.2. The zero-order valence-corrected chi connectivity index (χ0v) is 8.14. The molecule has 1 unspecified atom stereocenters. The summed E-state index contributed by atoms with van der Waals surface area (Å²) in [6.07, 6.45) is 0.915. The lowest BCUT2D eigenvalue weighted by Gasteiger charge is -2.18. The Balaban J connectivity index is 2.16. The van der Waals surface area contributed by atoms with Crippen molar-refractivity contribution in [2.24, 2.45) is 0 Å². The molecule has 14 heavy (non-hydrogen) atoms. The van der Waals surface area contributed by atoms with Gasteiger partial charge in [-0.1, -0.05) is 18.2 Å². The molecule has 3 nitrogen and oxygen atoms in total. The molecule has 1 saturated heterocycles. The van der Waals surface area contributed by atoms with Crippen LogP contribution in [0.1, 0.15) is 23.7 Å². The Kier molecular flexibility index (Phi) is 2.50. The summed E-state index contributed by atoms with van der Waals surface area (Å²) >= 11 is 0. The summed E-state index contributed by atoms with van der Waals surface area (Å²) in [4.78, 5) is 17.1. The maximum Gasteiger partial charge on any atom is 0.277 e. The molecule has 2 rings (SSSR count). The number of carbonyl (C=O) groups excluding carboxylic acids is 1. The van der Waals surface area contributed by atoms with Gasteiger partial charge in [-0.15, -0.1) is 0 Å². The van der Waals surface area contributed by atoms with Crippen molar-refractivity contribution in [1.29, 1.82) is 0 Å². The van der Waals surface area contributed by atoms with E-state index in [1.54, 1.807) is 12.1 Å². The van der Waals surface area contributed by atoms with Crippen molar-refractivity contribution in [3.05, 3.63) is 35.9 Å². The van der Waals surface area contributed by atoms with E-state index in [9.17, 15) is 4.79 Å². The molecule has 1 atom stereocenters. The Morgan fingerprint density at radius 2 is 2.14 bits per heavy atom. The lowest BCUT2D eigenvalue weighted by atomic mass is 10.2. The molecule has 0 aromatic heterocycles. The smallest absolute Gasteiger partial charge is 0.270 e. The number of benzene rings is 1. The van der Waals surface area contributed by atoms with Crippen LogP contribution in [0, 0.1) is 0 Å². The van der Waals surface area contributed by atoms with Gasteiger partial charge in [-0.05, 0) is 25.5 Å². The number of hydrogen-bond donors (Lipinski definition) is 0. The summed E-state index contributed by atoms with van der Waals surface area (Å²) in [7, 11) is 0. The van der Waals surface area contributed by atoms with Gasteiger partial charge in [-0.2, -0.15) is 0 Å². The van der Waals surface area contributed by atoms with E-state index in [2.05, 4.69) is 0 Å². The molecule has 0 spiro atoms. The highest BCUT2D eigenvalue weighted by Crippen LogP contribution is 2.17. The number of carbonyl (C=O) groups is 1. The predicted molar refractivity (Wildman–Crippen MR) is 52.6 cm³/mol. The van der Waals surface area contributed by atoms with Crippen LogP contribution < -0.4 is 0 Å². The second-order valence-corrected chi connectivity index (χ2v) is 3.47. The van der Waals surface area contributed by atoms with Crippen LogP contribution >= 0.6 is 0 Å². The van der Waals surface area contributed by atoms with Gasteiger partial charge in [0.2, 0.25) is 0 Å². The van der Waals surface area contributed by atoms with Gasteiger partial charge >= 0.3 is 0 Å². The van der Waals surface area contributed by atoms with Crippen LogP contribution in [-0.2, 0) is 4.84 Å². The third-order valence-corrected chi connectivity index (χ3v) is 2.39. The highest BCUT2D eigenvalue weighted by Gasteiger charge is 2.27. The first-order valence-corrected chi connectivity index (χ1v) is 4.80. The van der Waals surface area contributed by atoms with Crippen LogP contribution in [-0.4, -0.2) is 23.6 Å². The SMILES string of the molecule is CC1CCON1C(=O)c1ccccc1. The van der Waals surface area contributed by atoms with E-state index >= 15 is 0 Å². The molecule has 74 valence electrons. The zero-order valence-electron chi connectivity index (χ0n) is 8.14. The van der Waals surface area contributed by atoms with Crippen LogP contribution in [0.15, 0.2) is 30.3 Å². The minimum absolute atomic E-state index is 0.0457. The van der Waals surface area contributed by atoms with Crippen molar-refractivity contribution in [2.45, 2.75) is 19.4 Å². The van der Waals surface area contributed by atoms with Crippen LogP contribution in [0.3, 0.4) is 0 Å². The average Bonchev–Trinajstić information content (AvgIpc) is 2.65. The number of hydroxylamine groups is 2. The van der Waals surface area contributed by atoms with Crippen molar-refractivity contribution in [3.63, 3.8) is 0 Å². The highest BCUT2D eigenvalue weighted by atomic mass is 16.7. The standard InChI is InChI=1S/C11H13NO2/c1-9-7-8-14-12(9)11(13)10-5-3-2-4-6-10/h2-6,9H,7-8H2,1H3. The molecular formula is C11H13NO2. The Labute approximate surface area is 83.2 Å². The average molecular weight is 191 g/mol. The fourth-order valence-corrected chi connectivity index (χ4v) is 1.53. The van der Waals surface area contributed by atoms with Crippen LogP contribution in [0.25, 0.3) is 0 Å². The number of nitrogens with zero attached hydrogens (tertiary/aromatic N) is 1. The molecule has 0 saturated carbocycles. The van der Waals surface area contributed by atoms with Gasteiger partial charge in [0.1, 0.15) is 0 Å². The maximum absolute atomic E-state index is 11.9. The molecule has 3 heteroatoms.